The van der Waals surface area contributed by atoms with Crippen LogP contribution in [-0.4, -0.2) is 14.2 Å². The fraction of sp³-hybridized carbons (Fsp3) is 0.200. The van der Waals surface area contributed by atoms with Gasteiger partial charge in [0, 0.05) is 5.56 Å². The van der Waals surface area contributed by atoms with Crippen molar-refractivity contribution in [3.05, 3.63) is 65.0 Å². The van der Waals surface area contributed by atoms with Crippen molar-refractivity contribution in [2.45, 2.75) is 6.04 Å². The molecule has 2 rings (SSSR count). The van der Waals surface area contributed by atoms with Crippen LogP contribution in [0, 0.1) is 17.5 Å². The van der Waals surface area contributed by atoms with Gasteiger partial charge in [0.1, 0.15) is 0 Å². The van der Waals surface area contributed by atoms with Crippen LogP contribution >= 0.6 is 0 Å². The third kappa shape index (κ3) is 2.63. The lowest BCUT2D eigenvalue weighted by Crippen LogP contribution is -2.19. The maximum atomic E-state index is 13.9. The van der Waals surface area contributed by atoms with Crippen molar-refractivity contribution in [2.75, 3.05) is 14.2 Å². The van der Waals surface area contributed by atoms with Crippen molar-refractivity contribution in [1.82, 2.24) is 5.32 Å². The topological polar surface area (TPSA) is 21.3 Å². The van der Waals surface area contributed by atoms with Crippen LogP contribution in [0.3, 0.4) is 0 Å². The van der Waals surface area contributed by atoms with E-state index in [0.29, 0.717) is 5.56 Å². The Kier molecular flexibility index (Phi) is 4.29. The first-order chi connectivity index (χ1) is 9.58. The highest BCUT2D eigenvalue weighted by Gasteiger charge is 2.19. The molecule has 1 unspecified atom stereocenters. The Bertz CT molecular complexity index is 616. The Morgan fingerprint density at radius 1 is 1.05 bits per heavy atom. The Morgan fingerprint density at radius 2 is 1.80 bits per heavy atom. The second-order valence-corrected chi connectivity index (χ2v) is 4.26. The SMILES string of the molecule is CNC(c1ccc(F)c(OC)c1)c1cccc(F)c1F. The van der Waals surface area contributed by atoms with Crippen LogP contribution in [-0.2, 0) is 0 Å². The van der Waals surface area contributed by atoms with E-state index in [1.807, 2.05) is 0 Å². The van der Waals surface area contributed by atoms with E-state index in [0.717, 1.165) is 6.07 Å². The molecule has 0 aliphatic rings. The predicted molar refractivity (Wildman–Crippen MR) is 70.2 cm³/mol. The van der Waals surface area contributed by atoms with Gasteiger partial charge in [0.15, 0.2) is 23.2 Å². The first-order valence-electron chi connectivity index (χ1n) is 6.03. The molecular formula is C15H14F3NO. The Morgan fingerprint density at radius 3 is 2.45 bits per heavy atom. The normalized spacial score (nSPS) is 12.2. The number of benzene rings is 2. The van der Waals surface area contributed by atoms with Crippen LogP contribution in [0.2, 0.25) is 0 Å². The number of hydrogen-bond donors (Lipinski definition) is 1. The number of rotatable bonds is 4. The summed E-state index contributed by atoms with van der Waals surface area (Å²) in [5, 5.41) is 2.89. The lowest BCUT2D eigenvalue weighted by atomic mass is 9.98. The van der Waals surface area contributed by atoms with E-state index >= 15 is 0 Å². The molecule has 0 heterocycles. The Hall–Kier alpha value is -2.01. The molecule has 1 N–H and O–H groups in total. The summed E-state index contributed by atoms with van der Waals surface area (Å²) in [7, 11) is 2.96. The highest BCUT2D eigenvalue weighted by Crippen LogP contribution is 2.29. The van der Waals surface area contributed by atoms with Crippen LogP contribution in [0.5, 0.6) is 5.75 Å². The molecule has 1 atom stereocenters. The van der Waals surface area contributed by atoms with Crippen molar-refractivity contribution in [3.8, 4) is 5.75 Å². The van der Waals surface area contributed by atoms with E-state index in [2.05, 4.69) is 5.32 Å². The first kappa shape index (κ1) is 14.4. The van der Waals surface area contributed by atoms with Gasteiger partial charge in [0.2, 0.25) is 0 Å². The summed E-state index contributed by atoms with van der Waals surface area (Å²) >= 11 is 0. The van der Waals surface area contributed by atoms with Gasteiger partial charge in [0.25, 0.3) is 0 Å². The van der Waals surface area contributed by atoms with Gasteiger partial charge in [-0.3, -0.25) is 0 Å². The van der Waals surface area contributed by atoms with Crippen molar-refractivity contribution in [1.29, 1.82) is 0 Å². The van der Waals surface area contributed by atoms with Crippen molar-refractivity contribution < 1.29 is 17.9 Å². The molecule has 0 radical (unpaired) electrons. The lowest BCUT2D eigenvalue weighted by molar-refractivity contribution is 0.385. The zero-order chi connectivity index (χ0) is 14.7. The molecule has 2 aromatic rings. The molecule has 20 heavy (non-hydrogen) atoms. The molecule has 0 spiro atoms. The minimum atomic E-state index is -0.921. The minimum Gasteiger partial charge on any atom is -0.494 e. The van der Waals surface area contributed by atoms with Gasteiger partial charge in [-0.15, -0.1) is 0 Å². The van der Waals surface area contributed by atoms with Gasteiger partial charge >= 0.3 is 0 Å². The summed E-state index contributed by atoms with van der Waals surface area (Å²) in [6, 6.07) is 7.56. The fourth-order valence-electron chi connectivity index (χ4n) is 2.10. The van der Waals surface area contributed by atoms with Gasteiger partial charge in [0.05, 0.1) is 13.2 Å². The molecule has 2 aromatic carbocycles. The van der Waals surface area contributed by atoms with Gasteiger partial charge < -0.3 is 10.1 Å². The largest absolute Gasteiger partial charge is 0.494 e. The molecular weight excluding hydrogens is 267 g/mol. The van der Waals surface area contributed by atoms with E-state index in [9.17, 15) is 13.2 Å². The maximum absolute atomic E-state index is 13.9. The summed E-state index contributed by atoms with van der Waals surface area (Å²) in [6.45, 7) is 0. The molecule has 0 fully saturated rings. The number of ether oxygens (including phenoxy) is 1. The van der Waals surface area contributed by atoms with Gasteiger partial charge in [-0.05, 0) is 30.8 Å². The van der Waals surface area contributed by atoms with Crippen molar-refractivity contribution in [2.24, 2.45) is 0 Å². The van der Waals surface area contributed by atoms with Crippen LogP contribution in [0.1, 0.15) is 17.2 Å². The number of methoxy groups -OCH3 is 1. The molecule has 106 valence electrons. The molecule has 0 saturated carbocycles. The summed E-state index contributed by atoms with van der Waals surface area (Å²) in [6.07, 6.45) is 0. The van der Waals surface area contributed by atoms with Gasteiger partial charge in [-0.25, -0.2) is 13.2 Å². The van der Waals surface area contributed by atoms with E-state index in [4.69, 9.17) is 4.74 Å². The van der Waals surface area contributed by atoms with Gasteiger partial charge in [-0.2, -0.15) is 0 Å². The molecule has 0 saturated heterocycles. The molecule has 0 aromatic heterocycles. The van der Waals surface area contributed by atoms with Crippen LogP contribution < -0.4 is 10.1 Å². The zero-order valence-corrected chi connectivity index (χ0v) is 11.1. The van der Waals surface area contributed by atoms with Gasteiger partial charge in [-0.1, -0.05) is 18.2 Å². The van der Waals surface area contributed by atoms with E-state index in [-0.39, 0.29) is 11.3 Å². The minimum absolute atomic E-state index is 0.0551. The summed E-state index contributed by atoms with van der Waals surface area (Å²) in [5.74, 6) is -2.29. The average Bonchev–Trinajstić information content (AvgIpc) is 2.45. The molecule has 0 bridgehead atoms. The Balaban J connectivity index is 2.49. The van der Waals surface area contributed by atoms with Crippen LogP contribution in [0.4, 0.5) is 13.2 Å². The van der Waals surface area contributed by atoms with Crippen molar-refractivity contribution in [3.63, 3.8) is 0 Å². The summed E-state index contributed by atoms with van der Waals surface area (Å²) in [4.78, 5) is 0. The second-order valence-electron chi connectivity index (χ2n) is 4.26. The number of halogens is 3. The lowest BCUT2D eigenvalue weighted by Gasteiger charge is -2.19. The third-order valence-corrected chi connectivity index (χ3v) is 3.09. The van der Waals surface area contributed by atoms with E-state index in [1.165, 1.54) is 37.4 Å². The van der Waals surface area contributed by atoms with E-state index in [1.54, 1.807) is 7.05 Å². The highest BCUT2D eigenvalue weighted by atomic mass is 19.2. The fourth-order valence-corrected chi connectivity index (χ4v) is 2.10. The third-order valence-electron chi connectivity index (χ3n) is 3.09. The summed E-state index contributed by atoms with van der Waals surface area (Å²) in [5.41, 5.74) is 0.733. The molecule has 0 amide bonds. The second kappa shape index (κ2) is 5.96. The van der Waals surface area contributed by atoms with Crippen LogP contribution in [0.15, 0.2) is 36.4 Å². The number of hydrogen-bond acceptors (Lipinski definition) is 2. The quantitative estimate of drug-likeness (QED) is 0.927. The average molecular weight is 281 g/mol. The van der Waals surface area contributed by atoms with Crippen LogP contribution in [0.25, 0.3) is 0 Å². The smallest absolute Gasteiger partial charge is 0.165 e. The standard InChI is InChI=1S/C15H14F3NO/c1-19-15(10-4-3-5-12(17)14(10)18)9-6-7-11(16)13(8-9)20-2/h3-8,15,19H,1-2H3. The maximum Gasteiger partial charge on any atom is 0.165 e. The predicted octanol–water partition coefficient (Wildman–Crippen LogP) is 3.42. The van der Waals surface area contributed by atoms with E-state index < -0.39 is 23.5 Å². The molecule has 5 heteroatoms. The number of nitrogens with one attached hydrogen (secondary N) is 1. The Labute approximate surface area is 115 Å². The monoisotopic (exact) mass is 281 g/mol. The molecule has 2 nitrogen and oxygen atoms in total. The highest BCUT2D eigenvalue weighted by molar-refractivity contribution is 5.38. The first-order valence-corrected chi connectivity index (χ1v) is 6.03. The molecule has 0 aliphatic heterocycles. The molecule has 0 aliphatic carbocycles. The van der Waals surface area contributed by atoms with Crippen molar-refractivity contribution >= 4 is 0 Å². The zero-order valence-electron chi connectivity index (χ0n) is 11.1. The summed E-state index contributed by atoms with van der Waals surface area (Å²) < 4.78 is 45.5.